The van der Waals surface area contributed by atoms with Crippen molar-refractivity contribution in [1.29, 1.82) is 0 Å². The summed E-state index contributed by atoms with van der Waals surface area (Å²) >= 11 is 0. The van der Waals surface area contributed by atoms with E-state index in [2.05, 4.69) is 30.2 Å². The molecule has 0 aromatic carbocycles. The van der Waals surface area contributed by atoms with Crippen LogP contribution in [0.5, 0.6) is 11.8 Å². The van der Waals surface area contributed by atoms with Gasteiger partial charge in [-0.15, -0.1) is 0 Å². The number of H-pyrrole nitrogens is 1. The number of rotatable bonds is 7. The number of likely N-dealkylation sites (tertiary alicyclic amines) is 1. The number of alkyl halides is 2. The van der Waals surface area contributed by atoms with E-state index in [0.717, 1.165) is 0 Å². The first kappa shape index (κ1) is 23.4. The fourth-order valence-electron chi connectivity index (χ4n) is 3.02. The fourth-order valence-corrected chi connectivity index (χ4v) is 3.02. The molecule has 0 radical (unpaired) electrons. The summed E-state index contributed by atoms with van der Waals surface area (Å²) in [6.45, 7) is 3.21. The first-order chi connectivity index (χ1) is 15.1. The lowest BCUT2D eigenvalue weighted by molar-refractivity contribution is -0.0565. The van der Waals surface area contributed by atoms with E-state index in [4.69, 9.17) is 14.2 Å². The number of aromatic nitrogens is 4. The Balaban J connectivity index is 1.60. The number of methoxy groups -OCH3 is 1. The van der Waals surface area contributed by atoms with Crippen LogP contribution in [-0.4, -0.2) is 75.8 Å². The lowest BCUT2D eigenvalue weighted by Crippen LogP contribution is -2.52. The molecule has 3 heterocycles. The van der Waals surface area contributed by atoms with Crippen LogP contribution in [0.4, 0.5) is 25.2 Å². The Morgan fingerprint density at radius 3 is 2.75 bits per heavy atom. The SMILES string of the molecule is CO[C@H]1CN(C(=O)OC(C)(C)C)CC[C@H]1Oc1cncc(Nc2cc(OC(F)F)[nH]n2)n1. The predicted molar refractivity (Wildman–Crippen MR) is 108 cm³/mol. The zero-order valence-corrected chi connectivity index (χ0v) is 18.2. The third-order valence-corrected chi connectivity index (χ3v) is 4.36. The van der Waals surface area contributed by atoms with Gasteiger partial charge in [0.2, 0.25) is 11.8 Å². The molecule has 1 amide bonds. The molecule has 176 valence electrons. The van der Waals surface area contributed by atoms with Gasteiger partial charge >= 0.3 is 12.7 Å². The molecule has 2 aromatic heterocycles. The van der Waals surface area contributed by atoms with Gasteiger partial charge in [-0.2, -0.15) is 18.9 Å². The Morgan fingerprint density at radius 1 is 1.28 bits per heavy atom. The number of halogens is 2. The summed E-state index contributed by atoms with van der Waals surface area (Å²) in [5.74, 6) is 0.542. The largest absolute Gasteiger partial charge is 0.470 e. The number of ether oxygens (including phenoxy) is 4. The van der Waals surface area contributed by atoms with Gasteiger partial charge in [0, 0.05) is 26.1 Å². The van der Waals surface area contributed by atoms with Gasteiger partial charge in [-0.05, 0) is 20.8 Å². The van der Waals surface area contributed by atoms with Crippen LogP contribution in [0.15, 0.2) is 18.5 Å². The maximum atomic E-state index is 12.3. The highest BCUT2D eigenvalue weighted by Gasteiger charge is 2.35. The summed E-state index contributed by atoms with van der Waals surface area (Å²) < 4.78 is 45.7. The predicted octanol–water partition coefficient (Wildman–Crippen LogP) is 2.95. The summed E-state index contributed by atoms with van der Waals surface area (Å²) in [5, 5.41) is 8.96. The molecule has 1 saturated heterocycles. The van der Waals surface area contributed by atoms with Gasteiger partial charge in [0.1, 0.15) is 17.8 Å². The maximum absolute atomic E-state index is 12.3. The van der Waals surface area contributed by atoms with Crippen LogP contribution in [-0.2, 0) is 9.47 Å². The first-order valence-electron chi connectivity index (χ1n) is 9.89. The second-order valence-corrected chi connectivity index (χ2v) is 8.01. The van der Waals surface area contributed by atoms with E-state index in [0.29, 0.717) is 19.5 Å². The second kappa shape index (κ2) is 9.94. The molecule has 2 N–H and O–H groups in total. The Hall–Kier alpha value is -3.22. The monoisotopic (exact) mass is 456 g/mol. The lowest BCUT2D eigenvalue weighted by atomic mass is 10.1. The molecule has 0 spiro atoms. The molecule has 13 heteroatoms. The smallest absolute Gasteiger partial charge is 0.410 e. The maximum Gasteiger partial charge on any atom is 0.410 e. The highest BCUT2D eigenvalue weighted by molar-refractivity contribution is 5.68. The van der Waals surface area contributed by atoms with Crippen LogP contribution in [0.1, 0.15) is 27.2 Å². The zero-order chi connectivity index (χ0) is 23.3. The normalized spacial score (nSPS) is 19.0. The first-order valence-corrected chi connectivity index (χ1v) is 9.89. The van der Waals surface area contributed by atoms with E-state index in [-0.39, 0.29) is 29.5 Å². The molecule has 1 fully saturated rings. The van der Waals surface area contributed by atoms with Gasteiger partial charge in [-0.25, -0.2) is 9.89 Å². The Morgan fingerprint density at radius 2 is 2.06 bits per heavy atom. The number of anilines is 2. The summed E-state index contributed by atoms with van der Waals surface area (Å²) in [6.07, 6.45) is 2.21. The van der Waals surface area contributed by atoms with E-state index < -0.39 is 24.4 Å². The van der Waals surface area contributed by atoms with Gasteiger partial charge in [0.05, 0.1) is 18.9 Å². The molecule has 0 unspecified atom stereocenters. The van der Waals surface area contributed by atoms with Crippen molar-refractivity contribution in [1.82, 2.24) is 25.1 Å². The van der Waals surface area contributed by atoms with Gasteiger partial charge < -0.3 is 29.2 Å². The highest BCUT2D eigenvalue weighted by Crippen LogP contribution is 2.23. The van der Waals surface area contributed by atoms with E-state index in [9.17, 15) is 13.6 Å². The Bertz CT molecular complexity index is 906. The molecule has 3 rings (SSSR count). The summed E-state index contributed by atoms with van der Waals surface area (Å²) in [4.78, 5) is 22.3. The van der Waals surface area contributed by atoms with Crippen LogP contribution < -0.4 is 14.8 Å². The standard InChI is InChI=1S/C19H26F2N6O5/c1-19(2,3)32-18(28)27-6-5-11(12(10-27)29-4)30-16-9-22-8-14(24-16)23-13-7-15(26-25-13)31-17(20)21/h7-9,11-12,17H,5-6,10H2,1-4H3,(H2,23,24,25,26)/t11-,12+/m1/s1. The van der Waals surface area contributed by atoms with Crippen LogP contribution in [0.3, 0.4) is 0 Å². The molecular formula is C19H26F2N6O5. The van der Waals surface area contributed by atoms with Crippen molar-refractivity contribution < 1.29 is 32.5 Å². The van der Waals surface area contributed by atoms with Crippen molar-refractivity contribution in [3.63, 3.8) is 0 Å². The molecule has 0 aliphatic carbocycles. The third-order valence-electron chi connectivity index (χ3n) is 4.36. The number of nitrogens with one attached hydrogen (secondary N) is 2. The van der Waals surface area contributed by atoms with Gasteiger partial charge in [0.15, 0.2) is 11.6 Å². The van der Waals surface area contributed by atoms with Gasteiger partial charge in [-0.1, -0.05) is 0 Å². The lowest BCUT2D eigenvalue weighted by Gasteiger charge is -2.37. The minimum absolute atomic E-state index is 0.192. The van der Waals surface area contributed by atoms with Crippen LogP contribution in [0.25, 0.3) is 0 Å². The average Bonchev–Trinajstić information content (AvgIpc) is 3.13. The topological polar surface area (TPSA) is 124 Å². The molecule has 2 atom stereocenters. The number of hydrogen-bond donors (Lipinski definition) is 2. The quantitative estimate of drug-likeness (QED) is 0.647. The zero-order valence-electron chi connectivity index (χ0n) is 18.2. The number of piperidine rings is 1. The van der Waals surface area contributed by atoms with E-state index in [1.54, 1.807) is 12.0 Å². The van der Waals surface area contributed by atoms with Crippen molar-refractivity contribution in [2.24, 2.45) is 0 Å². The molecule has 0 saturated carbocycles. The molecule has 0 bridgehead atoms. The number of amides is 1. The third kappa shape index (κ3) is 6.64. The number of nitrogens with zero attached hydrogens (tertiary/aromatic N) is 4. The van der Waals surface area contributed by atoms with Crippen molar-refractivity contribution in [3.8, 4) is 11.8 Å². The minimum Gasteiger partial charge on any atom is -0.470 e. The summed E-state index contributed by atoms with van der Waals surface area (Å²) in [5.41, 5.74) is -0.587. The van der Waals surface area contributed by atoms with E-state index >= 15 is 0 Å². The number of carbonyl (C=O) groups is 1. The van der Waals surface area contributed by atoms with E-state index in [1.165, 1.54) is 18.5 Å². The van der Waals surface area contributed by atoms with Crippen molar-refractivity contribution in [2.45, 2.75) is 51.6 Å². The van der Waals surface area contributed by atoms with Crippen molar-refractivity contribution in [2.75, 3.05) is 25.5 Å². The number of carbonyl (C=O) groups excluding carboxylic acids is 1. The van der Waals surface area contributed by atoms with Crippen molar-refractivity contribution >= 4 is 17.7 Å². The summed E-state index contributed by atoms with van der Waals surface area (Å²) in [7, 11) is 1.54. The molecular weight excluding hydrogens is 430 g/mol. The molecule has 1 aliphatic rings. The van der Waals surface area contributed by atoms with Crippen LogP contribution in [0, 0.1) is 0 Å². The van der Waals surface area contributed by atoms with Gasteiger partial charge in [-0.3, -0.25) is 4.98 Å². The van der Waals surface area contributed by atoms with Gasteiger partial charge in [0.25, 0.3) is 0 Å². The minimum atomic E-state index is -2.96. The molecule has 2 aromatic rings. The second-order valence-electron chi connectivity index (χ2n) is 8.01. The Kier molecular flexibility index (Phi) is 7.28. The molecule has 11 nitrogen and oxygen atoms in total. The van der Waals surface area contributed by atoms with E-state index in [1.807, 2.05) is 20.8 Å². The van der Waals surface area contributed by atoms with Crippen molar-refractivity contribution in [3.05, 3.63) is 18.5 Å². The average molecular weight is 456 g/mol. The van der Waals surface area contributed by atoms with Crippen LogP contribution in [0.2, 0.25) is 0 Å². The van der Waals surface area contributed by atoms with Crippen LogP contribution >= 0.6 is 0 Å². The molecule has 1 aliphatic heterocycles. The Labute approximate surface area is 183 Å². The summed E-state index contributed by atoms with van der Waals surface area (Å²) in [6, 6.07) is 1.26. The number of aromatic amines is 1. The molecule has 32 heavy (non-hydrogen) atoms. The number of hydrogen-bond acceptors (Lipinski definition) is 9. The fraction of sp³-hybridized carbons (Fsp3) is 0.579. The highest BCUT2D eigenvalue weighted by atomic mass is 19.3.